The summed E-state index contributed by atoms with van der Waals surface area (Å²) >= 11 is 2.94. The largest absolute Gasteiger partial charge is 0.481 e. The molecule has 2 aliphatic heterocycles. The molecular formula is C23H22N2O5S2. The molecule has 1 aromatic carbocycles. The smallest absolute Gasteiger partial charge is 0.305 e. The predicted molar refractivity (Wildman–Crippen MR) is 119 cm³/mol. The number of carboxylic acid groups (broad SMARTS) is 1. The zero-order chi connectivity index (χ0) is 22.1. The van der Waals surface area contributed by atoms with Crippen molar-refractivity contribution in [3.8, 4) is 0 Å². The maximum Gasteiger partial charge on any atom is 0.305 e. The molecule has 2 aromatic rings. The number of carbonyl (C=O) groups is 3. The van der Waals surface area contributed by atoms with E-state index in [1.54, 1.807) is 11.8 Å². The van der Waals surface area contributed by atoms with Gasteiger partial charge in [0.1, 0.15) is 0 Å². The molecule has 0 radical (unpaired) electrons. The molecule has 3 heterocycles. The quantitative estimate of drug-likeness (QED) is 0.651. The van der Waals surface area contributed by atoms with Gasteiger partial charge in [0.2, 0.25) is 11.8 Å². The molecular weight excluding hydrogens is 448 g/mol. The summed E-state index contributed by atoms with van der Waals surface area (Å²) in [5, 5.41) is 10.0. The Labute approximate surface area is 192 Å². The lowest BCUT2D eigenvalue weighted by molar-refractivity contribution is -0.142. The van der Waals surface area contributed by atoms with Crippen molar-refractivity contribution in [2.45, 2.75) is 35.5 Å². The third-order valence-electron chi connectivity index (χ3n) is 7.75. The second-order valence-electron chi connectivity index (χ2n) is 9.20. The van der Waals surface area contributed by atoms with E-state index >= 15 is 0 Å². The van der Waals surface area contributed by atoms with Crippen LogP contribution in [0.15, 0.2) is 40.2 Å². The number of aromatic amines is 1. The van der Waals surface area contributed by atoms with Crippen LogP contribution in [0.1, 0.15) is 35.6 Å². The molecule has 2 aliphatic carbocycles. The van der Waals surface area contributed by atoms with Gasteiger partial charge in [-0.2, -0.15) is 0 Å². The molecule has 3 fully saturated rings. The number of hydrogen-bond acceptors (Lipinski definition) is 6. The van der Waals surface area contributed by atoms with Crippen LogP contribution in [0.4, 0.5) is 0 Å². The molecule has 2 amide bonds. The molecule has 7 nitrogen and oxygen atoms in total. The normalized spacial score (nSPS) is 34.5. The number of thiazole rings is 1. The number of carboxylic acids is 1. The lowest BCUT2D eigenvalue weighted by Gasteiger charge is -2.43. The zero-order valence-electron chi connectivity index (χ0n) is 17.1. The second-order valence-corrected chi connectivity index (χ2v) is 11.4. The van der Waals surface area contributed by atoms with Crippen LogP contribution >= 0.6 is 23.1 Å². The number of hydrogen-bond donors (Lipinski definition) is 2. The van der Waals surface area contributed by atoms with Crippen LogP contribution in [0, 0.1) is 29.6 Å². The topological polar surface area (TPSA) is 108 Å². The Hall–Kier alpha value is -2.39. The predicted octanol–water partition coefficient (Wildman–Crippen LogP) is 2.77. The molecule has 166 valence electrons. The fraction of sp³-hybridized carbons (Fsp3) is 0.478. The standard InChI is InChI=1S/C23H22N2O5S2/c26-13(27)7-4-8-25-21(28)16-11-9-12(17(16)22(25)29)18-15(11)14(10-5-2-1-3-6-10)19-20(31-18)24-23(30)32-19/h1-3,5-6,11-12,14-18H,4,7-9H2,(H,24,30)(H,26,27)/t11-,12-,14-,15-,16-,17+,18-/m1/s1. The van der Waals surface area contributed by atoms with Gasteiger partial charge in [-0.05, 0) is 36.2 Å². The molecule has 2 N–H and O–H groups in total. The first-order valence-electron chi connectivity index (χ1n) is 11.0. The van der Waals surface area contributed by atoms with Gasteiger partial charge in [-0.3, -0.25) is 24.1 Å². The number of rotatable bonds is 5. The third-order valence-corrected chi connectivity index (χ3v) is 10.3. The number of nitrogens with zero attached hydrogens (tertiary/aromatic N) is 1. The van der Waals surface area contributed by atoms with Crippen molar-refractivity contribution in [1.29, 1.82) is 0 Å². The van der Waals surface area contributed by atoms with Crippen LogP contribution in [0.5, 0.6) is 0 Å². The number of nitrogens with one attached hydrogen (secondary N) is 1. The number of likely N-dealkylation sites (tertiary alicyclic amines) is 1. The molecule has 7 atom stereocenters. The van der Waals surface area contributed by atoms with E-state index in [4.69, 9.17) is 5.11 Å². The first-order valence-corrected chi connectivity index (χ1v) is 12.7. The highest BCUT2D eigenvalue weighted by Gasteiger charge is 2.69. The highest BCUT2D eigenvalue weighted by atomic mass is 32.2. The van der Waals surface area contributed by atoms with E-state index in [2.05, 4.69) is 17.1 Å². The van der Waals surface area contributed by atoms with Crippen molar-refractivity contribution >= 4 is 40.9 Å². The minimum Gasteiger partial charge on any atom is -0.481 e. The van der Waals surface area contributed by atoms with Crippen molar-refractivity contribution in [1.82, 2.24) is 9.88 Å². The minimum absolute atomic E-state index is 0.0429. The van der Waals surface area contributed by atoms with Gasteiger partial charge in [0.05, 0.1) is 16.9 Å². The summed E-state index contributed by atoms with van der Waals surface area (Å²) in [6.45, 7) is 0.182. The number of benzene rings is 1. The SMILES string of the molecule is O=C(O)CCCN1C(=O)[C@@H]2[C@@H]3C[C@@H]([C@H]4Sc5[nH]c(=O)sc5[C@H](c5ccccc5)[C@@H]34)[C@@H]2C1=O. The van der Waals surface area contributed by atoms with E-state index in [9.17, 15) is 19.2 Å². The lowest BCUT2D eigenvalue weighted by atomic mass is 9.68. The van der Waals surface area contributed by atoms with Gasteiger partial charge < -0.3 is 10.1 Å². The van der Waals surface area contributed by atoms with Gasteiger partial charge >= 0.3 is 10.8 Å². The van der Waals surface area contributed by atoms with Crippen LogP contribution in [0.2, 0.25) is 0 Å². The van der Waals surface area contributed by atoms with Crippen LogP contribution in [0.25, 0.3) is 0 Å². The Kier molecular flexibility index (Phi) is 4.62. The fourth-order valence-corrected chi connectivity index (χ4v) is 9.61. The summed E-state index contributed by atoms with van der Waals surface area (Å²) < 4.78 is 0. The Morgan fingerprint density at radius 2 is 1.81 bits per heavy atom. The summed E-state index contributed by atoms with van der Waals surface area (Å²) in [7, 11) is 0. The average Bonchev–Trinajstić information content (AvgIpc) is 3.49. The average molecular weight is 471 g/mol. The highest BCUT2D eigenvalue weighted by Crippen LogP contribution is 2.68. The van der Waals surface area contributed by atoms with E-state index in [0.717, 1.165) is 21.9 Å². The van der Waals surface area contributed by atoms with E-state index in [1.807, 2.05) is 18.2 Å². The summed E-state index contributed by atoms with van der Waals surface area (Å²) in [6, 6.07) is 10.2. The van der Waals surface area contributed by atoms with Gasteiger partial charge in [0, 0.05) is 29.0 Å². The number of aliphatic carboxylic acids is 1. The molecule has 6 rings (SSSR count). The fourth-order valence-electron chi connectivity index (χ4n) is 6.72. The first-order chi connectivity index (χ1) is 15.5. The molecule has 0 unspecified atom stereocenters. The van der Waals surface area contributed by atoms with E-state index in [0.29, 0.717) is 0 Å². The number of amides is 2. The molecule has 0 spiro atoms. The molecule has 2 bridgehead atoms. The molecule has 32 heavy (non-hydrogen) atoms. The van der Waals surface area contributed by atoms with Gasteiger partial charge in [-0.15, -0.1) is 11.8 Å². The van der Waals surface area contributed by atoms with Crippen molar-refractivity contribution in [2.75, 3.05) is 6.54 Å². The second kappa shape index (κ2) is 7.31. The zero-order valence-corrected chi connectivity index (χ0v) is 18.7. The summed E-state index contributed by atoms with van der Waals surface area (Å²) in [4.78, 5) is 55.0. The molecule has 1 saturated heterocycles. The summed E-state index contributed by atoms with van der Waals surface area (Å²) in [5.74, 6) is -1.36. The summed E-state index contributed by atoms with van der Waals surface area (Å²) in [5.41, 5.74) is 1.15. The summed E-state index contributed by atoms with van der Waals surface area (Å²) in [6.07, 6.45) is 1.10. The maximum atomic E-state index is 13.3. The lowest BCUT2D eigenvalue weighted by Crippen LogP contribution is -2.42. The highest BCUT2D eigenvalue weighted by molar-refractivity contribution is 8.00. The molecule has 1 aromatic heterocycles. The Morgan fingerprint density at radius 3 is 2.53 bits per heavy atom. The van der Waals surface area contributed by atoms with Crippen molar-refractivity contribution < 1.29 is 19.5 Å². The Morgan fingerprint density at radius 1 is 1.09 bits per heavy atom. The Balaban J connectivity index is 1.37. The van der Waals surface area contributed by atoms with Crippen molar-refractivity contribution in [3.05, 3.63) is 50.4 Å². The molecule has 4 aliphatic rings. The van der Waals surface area contributed by atoms with Gasteiger partial charge in [-0.25, -0.2) is 0 Å². The van der Waals surface area contributed by atoms with Gasteiger partial charge in [-0.1, -0.05) is 41.7 Å². The van der Waals surface area contributed by atoms with Crippen LogP contribution in [0.3, 0.4) is 0 Å². The van der Waals surface area contributed by atoms with Crippen LogP contribution in [-0.2, 0) is 14.4 Å². The number of thioether (sulfide) groups is 1. The van der Waals surface area contributed by atoms with Crippen molar-refractivity contribution in [2.24, 2.45) is 29.6 Å². The molecule has 9 heteroatoms. The third kappa shape index (κ3) is 2.80. The van der Waals surface area contributed by atoms with Crippen LogP contribution < -0.4 is 4.87 Å². The van der Waals surface area contributed by atoms with E-state index in [-0.39, 0.29) is 76.8 Å². The monoisotopic (exact) mass is 470 g/mol. The van der Waals surface area contributed by atoms with Gasteiger partial charge in [0.15, 0.2) is 0 Å². The number of carbonyl (C=O) groups excluding carboxylic acids is 2. The minimum atomic E-state index is -0.919. The van der Waals surface area contributed by atoms with E-state index < -0.39 is 5.97 Å². The Bertz CT molecular complexity index is 1170. The number of H-pyrrole nitrogens is 1. The first kappa shape index (κ1) is 20.2. The van der Waals surface area contributed by atoms with Gasteiger partial charge in [0.25, 0.3) is 0 Å². The van der Waals surface area contributed by atoms with Crippen LogP contribution in [-0.4, -0.2) is 44.6 Å². The van der Waals surface area contributed by atoms with Crippen molar-refractivity contribution in [3.63, 3.8) is 0 Å². The maximum absolute atomic E-state index is 13.3. The number of fused-ring (bicyclic) bond motifs is 9. The number of imide groups is 1. The molecule has 2 saturated carbocycles. The van der Waals surface area contributed by atoms with E-state index in [1.165, 1.54) is 16.2 Å². The number of aromatic nitrogens is 1.